The maximum atomic E-state index is 11.9. The van der Waals surface area contributed by atoms with Crippen molar-refractivity contribution in [3.8, 4) is 5.75 Å². The SMILES string of the molecule is Nc1nc2ccccc2c2c1ncn2CCCCNC(=O)COc1ccccc1. The first kappa shape index (κ1) is 18.7. The summed E-state index contributed by atoms with van der Waals surface area (Å²) < 4.78 is 7.55. The number of aromatic nitrogens is 3. The Kier molecular flexibility index (Phi) is 5.56. The van der Waals surface area contributed by atoms with Crippen LogP contribution in [0.2, 0.25) is 0 Å². The van der Waals surface area contributed by atoms with Crippen LogP contribution in [-0.2, 0) is 11.3 Å². The van der Waals surface area contributed by atoms with Gasteiger partial charge in [0.15, 0.2) is 12.4 Å². The molecule has 29 heavy (non-hydrogen) atoms. The molecule has 7 heteroatoms. The van der Waals surface area contributed by atoms with Crippen LogP contribution >= 0.6 is 0 Å². The van der Waals surface area contributed by atoms with Gasteiger partial charge in [0.05, 0.1) is 17.4 Å². The van der Waals surface area contributed by atoms with Crippen LogP contribution in [-0.4, -0.2) is 33.6 Å². The molecule has 0 aliphatic rings. The molecule has 0 saturated carbocycles. The van der Waals surface area contributed by atoms with Crippen molar-refractivity contribution in [2.45, 2.75) is 19.4 Å². The maximum Gasteiger partial charge on any atom is 0.257 e. The smallest absolute Gasteiger partial charge is 0.257 e. The van der Waals surface area contributed by atoms with Gasteiger partial charge in [-0.15, -0.1) is 0 Å². The molecule has 4 aromatic rings. The number of benzene rings is 2. The standard InChI is InChI=1S/C22H23N5O2/c23-22-20-21(17-10-4-5-11-18(17)26-22)27(15-25-20)13-7-6-12-24-19(28)14-29-16-8-2-1-3-9-16/h1-5,8-11,15H,6-7,12-14H2,(H2,23,26)(H,24,28). The first-order valence-corrected chi connectivity index (χ1v) is 9.66. The summed E-state index contributed by atoms with van der Waals surface area (Å²) in [7, 11) is 0. The predicted molar refractivity (Wildman–Crippen MR) is 114 cm³/mol. The molecule has 148 valence electrons. The van der Waals surface area contributed by atoms with E-state index in [9.17, 15) is 4.79 Å². The minimum atomic E-state index is -0.119. The van der Waals surface area contributed by atoms with E-state index in [1.54, 1.807) is 6.33 Å². The lowest BCUT2D eigenvalue weighted by atomic mass is 10.2. The molecule has 2 heterocycles. The molecule has 7 nitrogen and oxygen atoms in total. The number of nitrogens with zero attached hydrogens (tertiary/aromatic N) is 3. The fourth-order valence-corrected chi connectivity index (χ4v) is 3.33. The summed E-state index contributed by atoms with van der Waals surface area (Å²) in [6.07, 6.45) is 3.57. The number of unbranched alkanes of at least 4 members (excludes halogenated alkanes) is 1. The molecule has 0 unspecified atom stereocenters. The number of para-hydroxylation sites is 2. The zero-order valence-corrected chi connectivity index (χ0v) is 16.0. The molecule has 3 N–H and O–H groups in total. The third kappa shape index (κ3) is 4.29. The van der Waals surface area contributed by atoms with Gasteiger partial charge in [0.1, 0.15) is 11.3 Å². The van der Waals surface area contributed by atoms with Gasteiger partial charge in [0.2, 0.25) is 0 Å². The number of pyridine rings is 1. The van der Waals surface area contributed by atoms with Crippen LogP contribution in [0.3, 0.4) is 0 Å². The molecule has 0 radical (unpaired) electrons. The van der Waals surface area contributed by atoms with Crippen molar-refractivity contribution in [3.05, 3.63) is 60.9 Å². The number of amides is 1. The Morgan fingerprint density at radius 3 is 2.72 bits per heavy atom. The summed E-state index contributed by atoms with van der Waals surface area (Å²) >= 11 is 0. The van der Waals surface area contributed by atoms with Crippen molar-refractivity contribution in [2.75, 3.05) is 18.9 Å². The molecule has 0 spiro atoms. The number of ether oxygens (including phenoxy) is 1. The number of nitrogens with one attached hydrogen (secondary N) is 1. The van der Waals surface area contributed by atoms with Crippen molar-refractivity contribution >= 4 is 33.7 Å². The molecule has 0 atom stereocenters. The van der Waals surface area contributed by atoms with Gasteiger partial charge in [0.25, 0.3) is 5.91 Å². The van der Waals surface area contributed by atoms with Gasteiger partial charge < -0.3 is 20.4 Å². The van der Waals surface area contributed by atoms with Crippen LogP contribution < -0.4 is 15.8 Å². The van der Waals surface area contributed by atoms with Crippen LogP contribution in [0.4, 0.5) is 5.82 Å². The van der Waals surface area contributed by atoms with Gasteiger partial charge in [-0.1, -0.05) is 36.4 Å². The highest BCUT2D eigenvalue weighted by Crippen LogP contribution is 2.27. The number of fused-ring (bicyclic) bond motifs is 3. The van der Waals surface area contributed by atoms with E-state index in [1.807, 2.05) is 54.6 Å². The van der Waals surface area contributed by atoms with Gasteiger partial charge >= 0.3 is 0 Å². The molecular weight excluding hydrogens is 366 g/mol. The third-order valence-electron chi connectivity index (χ3n) is 4.74. The fraction of sp³-hybridized carbons (Fsp3) is 0.227. The Balaban J connectivity index is 1.29. The highest BCUT2D eigenvalue weighted by atomic mass is 16.5. The molecule has 0 saturated heterocycles. The molecule has 1 amide bonds. The van der Waals surface area contributed by atoms with E-state index in [2.05, 4.69) is 19.9 Å². The van der Waals surface area contributed by atoms with E-state index >= 15 is 0 Å². The zero-order valence-electron chi connectivity index (χ0n) is 16.0. The Hall–Kier alpha value is -3.61. The second-order valence-corrected chi connectivity index (χ2v) is 6.81. The fourth-order valence-electron chi connectivity index (χ4n) is 3.33. The summed E-state index contributed by atoms with van der Waals surface area (Å²) in [5.41, 5.74) is 8.67. The normalized spacial score (nSPS) is 11.0. The second-order valence-electron chi connectivity index (χ2n) is 6.81. The maximum absolute atomic E-state index is 11.9. The van der Waals surface area contributed by atoms with Crippen LogP contribution in [0.1, 0.15) is 12.8 Å². The lowest BCUT2D eigenvalue weighted by Gasteiger charge is -2.09. The second kappa shape index (κ2) is 8.60. The van der Waals surface area contributed by atoms with Gasteiger partial charge in [-0.25, -0.2) is 9.97 Å². The van der Waals surface area contributed by atoms with Crippen molar-refractivity contribution in [1.29, 1.82) is 0 Å². The average Bonchev–Trinajstić information content (AvgIpc) is 3.18. The molecule has 4 rings (SSSR count). The van der Waals surface area contributed by atoms with Crippen LogP contribution in [0.25, 0.3) is 21.9 Å². The van der Waals surface area contributed by atoms with E-state index < -0.39 is 0 Å². The van der Waals surface area contributed by atoms with E-state index in [4.69, 9.17) is 10.5 Å². The quantitative estimate of drug-likeness (QED) is 0.452. The Bertz CT molecular complexity index is 1120. The van der Waals surface area contributed by atoms with Gasteiger partial charge in [-0.3, -0.25) is 4.79 Å². The molecule has 0 fully saturated rings. The number of hydrogen-bond acceptors (Lipinski definition) is 5. The summed E-state index contributed by atoms with van der Waals surface area (Å²) in [5, 5.41) is 3.93. The van der Waals surface area contributed by atoms with Crippen molar-refractivity contribution in [2.24, 2.45) is 0 Å². The topological polar surface area (TPSA) is 95.1 Å². The molecule has 0 bridgehead atoms. The lowest BCUT2D eigenvalue weighted by Crippen LogP contribution is -2.29. The van der Waals surface area contributed by atoms with E-state index in [0.29, 0.717) is 18.1 Å². The monoisotopic (exact) mass is 389 g/mol. The number of carbonyl (C=O) groups is 1. The van der Waals surface area contributed by atoms with E-state index in [0.717, 1.165) is 41.3 Å². The van der Waals surface area contributed by atoms with Crippen LogP contribution in [0.5, 0.6) is 5.75 Å². The van der Waals surface area contributed by atoms with Crippen molar-refractivity contribution in [1.82, 2.24) is 19.9 Å². The minimum Gasteiger partial charge on any atom is -0.484 e. The molecular formula is C22H23N5O2. The van der Waals surface area contributed by atoms with Crippen molar-refractivity contribution in [3.63, 3.8) is 0 Å². The highest BCUT2D eigenvalue weighted by Gasteiger charge is 2.11. The summed E-state index contributed by atoms with van der Waals surface area (Å²) in [6, 6.07) is 17.2. The molecule has 0 aliphatic heterocycles. The number of nitrogen functional groups attached to an aromatic ring is 1. The summed E-state index contributed by atoms with van der Waals surface area (Å²) in [5.74, 6) is 1.02. The summed E-state index contributed by atoms with van der Waals surface area (Å²) in [6.45, 7) is 1.42. The van der Waals surface area contributed by atoms with Gasteiger partial charge in [-0.05, 0) is 31.0 Å². The average molecular weight is 389 g/mol. The number of rotatable bonds is 8. The Labute approximate surface area is 168 Å². The van der Waals surface area contributed by atoms with Crippen LogP contribution in [0.15, 0.2) is 60.9 Å². The van der Waals surface area contributed by atoms with Crippen LogP contribution in [0, 0.1) is 0 Å². The van der Waals surface area contributed by atoms with E-state index in [-0.39, 0.29) is 12.5 Å². The largest absolute Gasteiger partial charge is 0.484 e. The lowest BCUT2D eigenvalue weighted by molar-refractivity contribution is -0.123. The molecule has 2 aromatic carbocycles. The number of aryl methyl sites for hydroxylation is 1. The predicted octanol–water partition coefficient (Wildman–Crippen LogP) is 3.14. The first-order chi connectivity index (χ1) is 14.2. The minimum absolute atomic E-state index is 0.0223. The number of hydrogen-bond donors (Lipinski definition) is 2. The Morgan fingerprint density at radius 1 is 1.07 bits per heavy atom. The van der Waals surface area contributed by atoms with E-state index in [1.165, 1.54) is 0 Å². The number of imidazole rings is 1. The first-order valence-electron chi connectivity index (χ1n) is 9.66. The molecule has 0 aliphatic carbocycles. The number of carbonyl (C=O) groups excluding carboxylic acids is 1. The molecule has 2 aromatic heterocycles. The van der Waals surface area contributed by atoms with Gasteiger partial charge in [0, 0.05) is 18.5 Å². The number of anilines is 1. The Morgan fingerprint density at radius 2 is 1.86 bits per heavy atom. The zero-order chi connectivity index (χ0) is 20.1. The highest BCUT2D eigenvalue weighted by molar-refractivity contribution is 6.06. The summed E-state index contributed by atoms with van der Waals surface area (Å²) in [4.78, 5) is 20.8. The third-order valence-corrected chi connectivity index (χ3v) is 4.74. The van der Waals surface area contributed by atoms with Gasteiger partial charge in [-0.2, -0.15) is 0 Å². The van der Waals surface area contributed by atoms with Crippen molar-refractivity contribution < 1.29 is 9.53 Å². The number of nitrogens with two attached hydrogens (primary N) is 1.